The number of anilines is 1. The topological polar surface area (TPSA) is 145 Å². The van der Waals surface area contributed by atoms with Gasteiger partial charge >= 0.3 is 6.03 Å². The summed E-state index contributed by atoms with van der Waals surface area (Å²) in [5, 5.41) is 19.7. The first-order valence-electron chi connectivity index (χ1n) is 9.62. The molecule has 12 heteroatoms. The van der Waals surface area contributed by atoms with E-state index in [1.807, 2.05) is 0 Å². The molecule has 2 amide bonds. The Labute approximate surface area is 198 Å². The highest BCUT2D eigenvalue weighted by Gasteiger charge is 2.16. The molecular formula is C22H17ClFN5O4S. The summed E-state index contributed by atoms with van der Waals surface area (Å²) in [5.74, 6) is -0.576. The lowest BCUT2D eigenvalue weighted by molar-refractivity contribution is 0.212. The van der Waals surface area contributed by atoms with Crippen molar-refractivity contribution in [2.75, 3.05) is 5.06 Å². The van der Waals surface area contributed by atoms with Crippen LogP contribution >= 0.6 is 11.6 Å². The van der Waals surface area contributed by atoms with Gasteiger partial charge in [0.1, 0.15) is 5.82 Å². The highest BCUT2D eigenvalue weighted by Crippen LogP contribution is 2.32. The maximum absolute atomic E-state index is 13.7. The van der Waals surface area contributed by atoms with E-state index in [1.165, 1.54) is 54.6 Å². The molecule has 34 heavy (non-hydrogen) atoms. The first-order chi connectivity index (χ1) is 16.0. The van der Waals surface area contributed by atoms with Gasteiger partial charge in [0, 0.05) is 11.1 Å². The second-order valence-corrected chi connectivity index (χ2v) is 9.16. The zero-order chi connectivity index (χ0) is 24.6. The van der Waals surface area contributed by atoms with Crippen molar-refractivity contribution in [1.82, 2.24) is 9.78 Å². The van der Waals surface area contributed by atoms with Crippen LogP contribution in [0.25, 0.3) is 28.2 Å². The number of primary amides is 1. The number of carbonyl (C=O) groups is 1. The molecule has 0 unspecified atom stereocenters. The first kappa shape index (κ1) is 23.4. The van der Waals surface area contributed by atoms with E-state index >= 15 is 0 Å². The Hall–Kier alpha value is -3.77. The van der Waals surface area contributed by atoms with Crippen molar-refractivity contribution in [1.29, 1.82) is 0 Å². The number of rotatable bonds is 5. The van der Waals surface area contributed by atoms with Crippen LogP contribution in [0.15, 0.2) is 77.7 Å². The van der Waals surface area contributed by atoms with Crippen molar-refractivity contribution in [3.8, 4) is 28.2 Å². The SMILES string of the molecule is NC(=O)N(O)c1ccc(-c2cc(-c3ccc(F)c(Cl)c3)n(-c3ccc(S(N)(=O)=O)cc3)n2)cc1. The Morgan fingerprint density at radius 3 is 2.18 bits per heavy atom. The number of sulfonamides is 1. The van der Waals surface area contributed by atoms with Gasteiger partial charge in [-0.3, -0.25) is 5.21 Å². The Kier molecular flexibility index (Phi) is 6.11. The number of nitrogens with zero attached hydrogens (tertiary/aromatic N) is 3. The molecule has 0 spiro atoms. The number of aromatic nitrogens is 2. The molecule has 0 aliphatic carbocycles. The van der Waals surface area contributed by atoms with Crippen molar-refractivity contribution in [2.45, 2.75) is 4.90 Å². The number of urea groups is 1. The van der Waals surface area contributed by atoms with E-state index in [2.05, 4.69) is 5.10 Å². The molecule has 0 radical (unpaired) electrons. The normalized spacial score (nSPS) is 11.4. The highest BCUT2D eigenvalue weighted by atomic mass is 35.5. The van der Waals surface area contributed by atoms with Crippen LogP contribution in [-0.2, 0) is 10.0 Å². The Bertz CT molecular complexity index is 1490. The lowest BCUT2D eigenvalue weighted by Crippen LogP contribution is -2.32. The summed E-state index contributed by atoms with van der Waals surface area (Å²) in [6, 6.07) is 16.9. The van der Waals surface area contributed by atoms with E-state index in [1.54, 1.807) is 22.9 Å². The van der Waals surface area contributed by atoms with Crippen LogP contribution in [0.2, 0.25) is 5.02 Å². The third-order valence-corrected chi connectivity index (χ3v) is 6.17. The molecule has 0 saturated carbocycles. The quantitative estimate of drug-likeness (QED) is 0.280. The number of benzene rings is 3. The van der Waals surface area contributed by atoms with Crippen molar-refractivity contribution in [2.24, 2.45) is 10.9 Å². The van der Waals surface area contributed by atoms with Gasteiger partial charge in [-0.25, -0.2) is 27.4 Å². The van der Waals surface area contributed by atoms with E-state index in [0.29, 0.717) is 33.3 Å². The maximum Gasteiger partial charge on any atom is 0.343 e. The van der Waals surface area contributed by atoms with Crippen molar-refractivity contribution in [3.05, 3.63) is 83.6 Å². The number of hydrogen-bond donors (Lipinski definition) is 3. The fraction of sp³-hybridized carbons (Fsp3) is 0. The molecule has 0 saturated heterocycles. The minimum atomic E-state index is -3.88. The third kappa shape index (κ3) is 4.63. The highest BCUT2D eigenvalue weighted by molar-refractivity contribution is 7.89. The molecule has 174 valence electrons. The lowest BCUT2D eigenvalue weighted by atomic mass is 10.1. The van der Waals surface area contributed by atoms with Crippen molar-refractivity contribution < 1.29 is 22.8 Å². The number of hydrogen-bond acceptors (Lipinski definition) is 5. The van der Waals surface area contributed by atoms with Gasteiger partial charge in [-0.1, -0.05) is 23.7 Å². The number of primary sulfonamides is 1. The van der Waals surface area contributed by atoms with Crippen LogP contribution in [0.3, 0.4) is 0 Å². The summed E-state index contributed by atoms with van der Waals surface area (Å²) < 4.78 is 38.5. The number of amides is 2. The largest absolute Gasteiger partial charge is 0.349 e. The fourth-order valence-corrected chi connectivity index (χ4v) is 3.95. The standard InChI is InChI=1S/C22H17ClFN5O4S/c23-18-11-14(3-10-19(18)24)21-12-20(13-1-4-16(5-2-13)29(31)22(25)30)27-28(21)15-6-8-17(9-7-15)34(26,32)33/h1-12,31H,(H2,25,30)(H2,26,32,33). The lowest BCUT2D eigenvalue weighted by Gasteiger charge is -2.11. The van der Waals surface area contributed by atoms with Gasteiger partial charge < -0.3 is 5.73 Å². The van der Waals surface area contributed by atoms with Gasteiger partial charge in [-0.15, -0.1) is 0 Å². The monoisotopic (exact) mass is 501 g/mol. The molecule has 0 bridgehead atoms. The number of hydroxylamine groups is 1. The van der Waals surface area contributed by atoms with E-state index in [9.17, 15) is 22.8 Å². The molecule has 1 heterocycles. The van der Waals surface area contributed by atoms with Gasteiger partial charge in [-0.05, 0) is 60.7 Å². The van der Waals surface area contributed by atoms with Crippen LogP contribution in [0.5, 0.6) is 0 Å². The molecule has 4 rings (SSSR count). The minimum Gasteiger partial charge on any atom is -0.349 e. The molecule has 4 aromatic rings. The third-order valence-electron chi connectivity index (χ3n) is 4.95. The maximum atomic E-state index is 13.7. The summed E-state index contributed by atoms with van der Waals surface area (Å²) in [6.45, 7) is 0. The molecule has 1 aromatic heterocycles. The second kappa shape index (κ2) is 8.88. The summed E-state index contributed by atoms with van der Waals surface area (Å²) in [6.07, 6.45) is 0. The van der Waals surface area contributed by atoms with Crippen molar-refractivity contribution in [3.63, 3.8) is 0 Å². The summed E-state index contributed by atoms with van der Waals surface area (Å²) >= 11 is 5.98. The van der Waals surface area contributed by atoms with Gasteiger partial charge in [0.2, 0.25) is 10.0 Å². The van der Waals surface area contributed by atoms with Crippen LogP contribution in [-0.4, -0.2) is 29.4 Å². The predicted molar refractivity (Wildman–Crippen MR) is 125 cm³/mol. The van der Waals surface area contributed by atoms with Gasteiger partial charge in [0.25, 0.3) is 0 Å². The smallest absolute Gasteiger partial charge is 0.343 e. The summed E-state index contributed by atoms with van der Waals surface area (Å²) in [5.41, 5.74) is 7.99. The number of halogens is 2. The minimum absolute atomic E-state index is 0.0615. The van der Waals surface area contributed by atoms with E-state index in [0.717, 1.165) is 0 Å². The second-order valence-electron chi connectivity index (χ2n) is 7.19. The van der Waals surface area contributed by atoms with E-state index in [4.69, 9.17) is 22.5 Å². The molecule has 0 atom stereocenters. The average molecular weight is 502 g/mol. The fourth-order valence-electron chi connectivity index (χ4n) is 3.26. The average Bonchev–Trinajstić information content (AvgIpc) is 3.25. The van der Waals surface area contributed by atoms with Crippen LogP contribution < -0.4 is 15.9 Å². The Balaban J connectivity index is 1.83. The number of nitrogens with two attached hydrogens (primary N) is 2. The Morgan fingerprint density at radius 2 is 1.62 bits per heavy atom. The van der Waals surface area contributed by atoms with Crippen LogP contribution in [0.4, 0.5) is 14.9 Å². The summed E-state index contributed by atoms with van der Waals surface area (Å²) in [4.78, 5) is 11.1. The van der Waals surface area contributed by atoms with Gasteiger partial charge in [0.05, 0.1) is 32.7 Å². The molecular weight excluding hydrogens is 485 g/mol. The van der Waals surface area contributed by atoms with Crippen molar-refractivity contribution >= 4 is 33.3 Å². The first-order valence-corrected chi connectivity index (χ1v) is 11.5. The predicted octanol–water partition coefficient (Wildman–Crippen LogP) is 3.92. The summed E-state index contributed by atoms with van der Waals surface area (Å²) in [7, 11) is -3.88. The molecule has 3 aromatic carbocycles. The number of carbonyl (C=O) groups excluding carboxylic acids is 1. The van der Waals surface area contributed by atoms with E-state index < -0.39 is 21.9 Å². The molecule has 0 aliphatic heterocycles. The molecule has 0 aliphatic rings. The molecule has 9 nitrogen and oxygen atoms in total. The van der Waals surface area contributed by atoms with Crippen LogP contribution in [0, 0.1) is 5.82 Å². The molecule has 5 N–H and O–H groups in total. The zero-order valence-electron chi connectivity index (χ0n) is 17.3. The zero-order valence-corrected chi connectivity index (χ0v) is 18.8. The van der Waals surface area contributed by atoms with Crippen LogP contribution in [0.1, 0.15) is 0 Å². The van der Waals surface area contributed by atoms with Gasteiger partial charge in [0.15, 0.2) is 0 Å². The Morgan fingerprint density at radius 1 is 1.00 bits per heavy atom. The van der Waals surface area contributed by atoms with Gasteiger partial charge in [-0.2, -0.15) is 10.2 Å². The van der Waals surface area contributed by atoms with E-state index in [-0.39, 0.29) is 15.6 Å². The molecule has 0 fully saturated rings.